The molecule has 0 aliphatic carbocycles. The van der Waals surface area contributed by atoms with E-state index in [2.05, 4.69) is 15.3 Å². The summed E-state index contributed by atoms with van der Waals surface area (Å²) in [6, 6.07) is -1.24. The molecule has 1 aromatic heterocycles. The lowest BCUT2D eigenvalue weighted by molar-refractivity contribution is -0.125. The number of primary amides is 1. The number of nitrogens with one attached hydrogen (secondary N) is 2. The van der Waals surface area contributed by atoms with Crippen molar-refractivity contribution in [1.29, 1.82) is 0 Å². The first-order valence-electron chi connectivity index (χ1n) is 5.53. The summed E-state index contributed by atoms with van der Waals surface area (Å²) in [6.07, 6.45) is -0.155. The Labute approximate surface area is 112 Å². The summed E-state index contributed by atoms with van der Waals surface area (Å²) in [7, 11) is 0. The molecule has 20 heavy (non-hydrogen) atoms. The van der Waals surface area contributed by atoms with Gasteiger partial charge >= 0.3 is 6.09 Å². The van der Waals surface area contributed by atoms with Crippen LogP contribution in [0.5, 0.6) is 5.88 Å². The minimum absolute atomic E-state index is 0.142. The number of aromatic nitrogens is 2. The highest BCUT2D eigenvalue weighted by Crippen LogP contribution is 2.26. The monoisotopic (exact) mass is 281 g/mol. The van der Waals surface area contributed by atoms with Crippen LogP contribution in [0.15, 0.2) is 12.5 Å². The van der Waals surface area contributed by atoms with Gasteiger partial charge in [-0.15, -0.1) is 0 Å². The zero-order valence-corrected chi connectivity index (χ0v) is 10.1. The Balaban J connectivity index is 2.11. The zero-order valence-electron chi connectivity index (χ0n) is 10.1. The molecule has 1 aliphatic heterocycles. The molecule has 106 valence electrons. The quantitative estimate of drug-likeness (QED) is 0.533. The second-order valence-electron chi connectivity index (χ2n) is 3.98. The molecule has 5 N–H and O–H groups in total. The number of amides is 3. The SMILES string of the molecule is NC(=O)[C@H](CC1Oc2ncncc2NC1=O)NC(=O)O. The van der Waals surface area contributed by atoms with Crippen LogP contribution in [0.25, 0.3) is 0 Å². The van der Waals surface area contributed by atoms with Crippen molar-refractivity contribution in [2.45, 2.75) is 18.6 Å². The molecule has 0 aromatic carbocycles. The summed E-state index contributed by atoms with van der Waals surface area (Å²) in [5.74, 6) is -1.30. The van der Waals surface area contributed by atoms with Gasteiger partial charge < -0.3 is 26.2 Å². The average Bonchev–Trinajstić information content (AvgIpc) is 2.38. The van der Waals surface area contributed by atoms with Crippen LogP contribution in [0.2, 0.25) is 0 Å². The highest BCUT2D eigenvalue weighted by Gasteiger charge is 2.33. The van der Waals surface area contributed by atoms with Gasteiger partial charge in [-0.1, -0.05) is 0 Å². The van der Waals surface area contributed by atoms with E-state index in [1.54, 1.807) is 0 Å². The minimum atomic E-state index is -1.42. The van der Waals surface area contributed by atoms with Gasteiger partial charge in [0.25, 0.3) is 5.91 Å². The van der Waals surface area contributed by atoms with Crippen molar-refractivity contribution in [1.82, 2.24) is 15.3 Å². The number of carbonyl (C=O) groups is 3. The van der Waals surface area contributed by atoms with Crippen molar-refractivity contribution in [2.24, 2.45) is 5.73 Å². The first-order chi connectivity index (χ1) is 9.47. The summed E-state index contributed by atoms with van der Waals surface area (Å²) >= 11 is 0. The summed E-state index contributed by atoms with van der Waals surface area (Å²) in [5, 5.41) is 13.0. The Morgan fingerprint density at radius 2 is 2.35 bits per heavy atom. The Kier molecular flexibility index (Phi) is 3.64. The fraction of sp³-hybridized carbons (Fsp3) is 0.300. The van der Waals surface area contributed by atoms with Crippen LogP contribution in [0.1, 0.15) is 6.42 Å². The minimum Gasteiger partial charge on any atom is -0.465 e. The highest BCUT2D eigenvalue weighted by molar-refractivity contribution is 5.97. The normalized spacial score (nSPS) is 18.2. The van der Waals surface area contributed by atoms with Crippen LogP contribution in [0, 0.1) is 0 Å². The van der Waals surface area contributed by atoms with Gasteiger partial charge in [0.1, 0.15) is 18.1 Å². The molecule has 0 radical (unpaired) electrons. The molecule has 0 spiro atoms. The molecule has 2 rings (SSSR count). The molecule has 0 saturated heterocycles. The summed E-state index contributed by atoms with van der Waals surface area (Å²) < 4.78 is 5.30. The van der Waals surface area contributed by atoms with E-state index in [-0.39, 0.29) is 12.3 Å². The maximum absolute atomic E-state index is 11.8. The maximum atomic E-state index is 11.8. The predicted octanol–water partition coefficient (Wildman–Crippen LogP) is -1.31. The van der Waals surface area contributed by atoms with Gasteiger partial charge in [0, 0.05) is 6.42 Å². The number of rotatable bonds is 4. The molecule has 0 bridgehead atoms. The van der Waals surface area contributed by atoms with Gasteiger partial charge in [-0.25, -0.2) is 9.78 Å². The van der Waals surface area contributed by atoms with E-state index in [9.17, 15) is 14.4 Å². The van der Waals surface area contributed by atoms with Gasteiger partial charge in [-0.3, -0.25) is 9.59 Å². The molecule has 10 nitrogen and oxygen atoms in total. The van der Waals surface area contributed by atoms with E-state index in [0.29, 0.717) is 5.69 Å². The highest BCUT2D eigenvalue weighted by atomic mass is 16.5. The number of carboxylic acid groups (broad SMARTS) is 1. The second kappa shape index (κ2) is 5.38. The molecule has 2 atom stereocenters. The van der Waals surface area contributed by atoms with Gasteiger partial charge in [0.15, 0.2) is 6.10 Å². The second-order valence-corrected chi connectivity index (χ2v) is 3.98. The number of carbonyl (C=O) groups excluding carboxylic acids is 2. The number of anilines is 1. The maximum Gasteiger partial charge on any atom is 0.405 e. The largest absolute Gasteiger partial charge is 0.465 e. The Morgan fingerprint density at radius 1 is 1.60 bits per heavy atom. The molecule has 1 aliphatic rings. The zero-order chi connectivity index (χ0) is 14.7. The molecule has 1 aromatic rings. The van der Waals surface area contributed by atoms with E-state index in [1.165, 1.54) is 12.5 Å². The van der Waals surface area contributed by atoms with E-state index >= 15 is 0 Å². The Hall–Kier alpha value is -2.91. The molecular formula is C10H11N5O5. The third kappa shape index (κ3) is 2.91. The van der Waals surface area contributed by atoms with Crippen LogP contribution < -0.4 is 21.1 Å². The van der Waals surface area contributed by atoms with Crippen LogP contribution >= 0.6 is 0 Å². The number of hydrogen-bond acceptors (Lipinski definition) is 6. The van der Waals surface area contributed by atoms with E-state index in [1.807, 2.05) is 5.32 Å². The van der Waals surface area contributed by atoms with Crippen molar-refractivity contribution in [3.63, 3.8) is 0 Å². The number of nitrogens with two attached hydrogens (primary N) is 1. The van der Waals surface area contributed by atoms with E-state index < -0.39 is 30.1 Å². The molecule has 1 unspecified atom stereocenters. The number of nitrogens with zero attached hydrogens (tertiary/aromatic N) is 2. The summed E-state index contributed by atoms with van der Waals surface area (Å²) in [6.45, 7) is 0. The number of fused-ring (bicyclic) bond motifs is 1. The number of ether oxygens (including phenoxy) is 1. The lowest BCUT2D eigenvalue weighted by Gasteiger charge is -2.26. The van der Waals surface area contributed by atoms with Crippen LogP contribution in [0.4, 0.5) is 10.5 Å². The fourth-order valence-electron chi connectivity index (χ4n) is 1.66. The third-order valence-electron chi connectivity index (χ3n) is 2.57. The third-order valence-corrected chi connectivity index (χ3v) is 2.57. The molecule has 0 saturated carbocycles. The van der Waals surface area contributed by atoms with Crippen molar-refractivity contribution >= 4 is 23.6 Å². The van der Waals surface area contributed by atoms with Crippen molar-refractivity contribution in [3.05, 3.63) is 12.5 Å². The van der Waals surface area contributed by atoms with Crippen molar-refractivity contribution in [3.8, 4) is 5.88 Å². The standard InChI is InChI=1S/C10H11N5O5/c11-7(16)4(15-10(18)19)1-6-8(17)14-5-2-12-3-13-9(5)20-6/h2-4,6,15H,1H2,(H2,11,16)(H,14,17)(H,18,19)/t4-,6?/m0/s1. The lowest BCUT2D eigenvalue weighted by atomic mass is 10.1. The first kappa shape index (κ1) is 13.5. The average molecular weight is 281 g/mol. The molecule has 10 heteroatoms. The summed E-state index contributed by atoms with van der Waals surface area (Å²) in [5.41, 5.74) is 5.37. The van der Waals surface area contributed by atoms with E-state index in [4.69, 9.17) is 15.6 Å². The van der Waals surface area contributed by atoms with Crippen LogP contribution in [0.3, 0.4) is 0 Å². The predicted molar refractivity (Wildman–Crippen MR) is 63.8 cm³/mol. The molecule has 2 heterocycles. The van der Waals surface area contributed by atoms with Gasteiger partial charge in [0.05, 0.1) is 6.20 Å². The van der Waals surface area contributed by atoms with Gasteiger partial charge in [-0.05, 0) is 0 Å². The molecular weight excluding hydrogens is 270 g/mol. The lowest BCUT2D eigenvalue weighted by Crippen LogP contribution is -2.49. The topological polar surface area (TPSA) is 157 Å². The summed E-state index contributed by atoms with van der Waals surface area (Å²) in [4.78, 5) is 41.0. The molecule has 3 amide bonds. The molecule has 0 fully saturated rings. The Morgan fingerprint density at radius 3 is 3.00 bits per heavy atom. The van der Waals surface area contributed by atoms with Crippen molar-refractivity contribution < 1.29 is 24.2 Å². The fourth-order valence-corrected chi connectivity index (χ4v) is 1.66. The smallest absolute Gasteiger partial charge is 0.405 e. The number of hydrogen-bond donors (Lipinski definition) is 4. The van der Waals surface area contributed by atoms with Crippen LogP contribution in [-0.4, -0.2) is 45.1 Å². The Bertz CT molecular complexity index is 563. The van der Waals surface area contributed by atoms with Gasteiger partial charge in [0.2, 0.25) is 11.8 Å². The van der Waals surface area contributed by atoms with Gasteiger partial charge in [-0.2, -0.15) is 4.98 Å². The van der Waals surface area contributed by atoms with Crippen LogP contribution in [-0.2, 0) is 9.59 Å². The van der Waals surface area contributed by atoms with Crippen molar-refractivity contribution in [2.75, 3.05) is 5.32 Å². The first-order valence-corrected chi connectivity index (χ1v) is 5.53. The van der Waals surface area contributed by atoms with E-state index in [0.717, 1.165) is 0 Å².